The lowest BCUT2D eigenvalue weighted by atomic mass is 9.77. The topological polar surface area (TPSA) is 80.2 Å². The van der Waals surface area contributed by atoms with E-state index < -0.39 is 0 Å². The molecule has 188 valence electrons. The number of amides is 1. The van der Waals surface area contributed by atoms with Crippen LogP contribution in [0, 0.1) is 5.41 Å². The molecule has 1 amide bonds. The van der Waals surface area contributed by atoms with E-state index in [1.54, 1.807) is 13.4 Å². The molecule has 0 aromatic carbocycles. The number of rotatable bonds is 7. The second kappa shape index (κ2) is 10.7. The van der Waals surface area contributed by atoms with Gasteiger partial charge in [0.25, 0.3) is 0 Å². The zero-order valence-electron chi connectivity index (χ0n) is 21.6. The molecule has 8 nitrogen and oxygen atoms in total. The number of hydrogen-bond acceptors (Lipinski definition) is 7. The van der Waals surface area contributed by atoms with Gasteiger partial charge in [-0.1, -0.05) is 6.08 Å². The molecule has 2 saturated heterocycles. The molecule has 2 aliphatic heterocycles. The molecule has 1 aromatic rings. The SMILES string of the molecule is CC=NC1=CCC(OC(C)COC)=C/C1=C(/C)c1cc(N2CCC3(CCN(C)C3=O)CC2)ncn1. The smallest absolute Gasteiger partial charge is 0.228 e. The number of carbonyl (C=O) groups is 1. The zero-order chi connectivity index (χ0) is 25.0. The van der Waals surface area contributed by atoms with Gasteiger partial charge >= 0.3 is 0 Å². The monoisotopic (exact) mass is 479 g/mol. The van der Waals surface area contributed by atoms with Crippen LogP contribution in [-0.2, 0) is 14.3 Å². The third-order valence-electron chi connectivity index (χ3n) is 7.31. The van der Waals surface area contributed by atoms with E-state index in [-0.39, 0.29) is 11.5 Å². The molecule has 1 aliphatic carbocycles. The molecule has 4 rings (SSSR count). The summed E-state index contributed by atoms with van der Waals surface area (Å²) in [4.78, 5) is 30.6. The lowest BCUT2D eigenvalue weighted by molar-refractivity contribution is -0.135. The lowest BCUT2D eigenvalue weighted by Gasteiger charge is -2.38. The second-order valence-electron chi connectivity index (χ2n) is 9.72. The van der Waals surface area contributed by atoms with E-state index in [0.29, 0.717) is 18.9 Å². The fourth-order valence-electron chi connectivity index (χ4n) is 5.26. The number of hydrogen-bond donors (Lipinski definition) is 0. The van der Waals surface area contributed by atoms with Crippen LogP contribution in [0.15, 0.2) is 46.6 Å². The van der Waals surface area contributed by atoms with E-state index in [0.717, 1.165) is 73.0 Å². The summed E-state index contributed by atoms with van der Waals surface area (Å²) in [7, 11) is 3.59. The standard InChI is InChI=1S/C27H37N5O3/c1-6-28-23-8-7-21(35-19(2)17-34-5)15-22(23)20(3)24-16-25(30-18-29-24)32-13-10-27(11-14-32)9-12-31(4)26(27)33/h6,8,15-16,18-19H,7,9-14,17H2,1-5H3/b22-20+,28-6?. The maximum absolute atomic E-state index is 12.7. The number of allylic oxidation sites excluding steroid dienone is 3. The van der Waals surface area contributed by atoms with E-state index in [4.69, 9.17) is 9.47 Å². The van der Waals surface area contributed by atoms with Crippen molar-refractivity contribution < 1.29 is 14.3 Å². The van der Waals surface area contributed by atoms with Crippen LogP contribution in [0.2, 0.25) is 0 Å². The maximum atomic E-state index is 12.7. The van der Waals surface area contributed by atoms with E-state index in [9.17, 15) is 4.79 Å². The Labute approximate surface area is 208 Å². The normalized spacial score (nSPS) is 22.5. The van der Waals surface area contributed by atoms with Crippen LogP contribution in [0.5, 0.6) is 0 Å². The molecule has 3 heterocycles. The number of aliphatic imine (C=N–C) groups is 1. The van der Waals surface area contributed by atoms with Gasteiger partial charge in [0.2, 0.25) is 5.91 Å². The Bertz CT molecular complexity index is 1070. The first-order valence-electron chi connectivity index (χ1n) is 12.5. The Morgan fingerprint density at radius 2 is 2.00 bits per heavy atom. The number of anilines is 1. The van der Waals surface area contributed by atoms with Gasteiger partial charge in [-0.3, -0.25) is 9.79 Å². The molecular weight excluding hydrogens is 442 g/mol. The molecule has 0 N–H and O–H groups in total. The first kappa shape index (κ1) is 25.1. The summed E-state index contributed by atoms with van der Waals surface area (Å²) in [6, 6.07) is 2.05. The highest BCUT2D eigenvalue weighted by Gasteiger charge is 2.47. The summed E-state index contributed by atoms with van der Waals surface area (Å²) in [5.41, 5.74) is 3.62. The first-order chi connectivity index (χ1) is 16.9. The summed E-state index contributed by atoms with van der Waals surface area (Å²) in [6.07, 6.45) is 11.0. The van der Waals surface area contributed by atoms with Crippen LogP contribution in [0.25, 0.3) is 5.57 Å². The molecular formula is C27H37N5O3. The van der Waals surface area contributed by atoms with Crippen molar-refractivity contribution in [3.05, 3.63) is 47.3 Å². The van der Waals surface area contributed by atoms with Gasteiger partial charge in [0.05, 0.1) is 23.4 Å². The van der Waals surface area contributed by atoms with Gasteiger partial charge in [-0.05, 0) is 51.7 Å². The van der Waals surface area contributed by atoms with Gasteiger partial charge in [-0.15, -0.1) is 0 Å². The van der Waals surface area contributed by atoms with Crippen LogP contribution >= 0.6 is 0 Å². The predicted molar refractivity (Wildman–Crippen MR) is 138 cm³/mol. The molecule has 0 bridgehead atoms. The number of carbonyl (C=O) groups excluding carboxylic acids is 1. The van der Waals surface area contributed by atoms with Crippen LogP contribution in [0.3, 0.4) is 0 Å². The van der Waals surface area contributed by atoms with Crippen LogP contribution in [0.1, 0.15) is 52.1 Å². The van der Waals surface area contributed by atoms with Crippen molar-refractivity contribution >= 4 is 23.5 Å². The van der Waals surface area contributed by atoms with Gasteiger partial charge in [0, 0.05) is 58.1 Å². The van der Waals surface area contributed by atoms with Crippen molar-refractivity contribution in [3.63, 3.8) is 0 Å². The van der Waals surface area contributed by atoms with Gasteiger partial charge in [0.15, 0.2) is 0 Å². The Kier molecular flexibility index (Phi) is 7.69. The minimum Gasteiger partial charge on any atom is -0.492 e. The minimum atomic E-state index is -0.180. The van der Waals surface area contributed by atoms with Crippen molar-refractivity contribution in [1.82, 2.24) is 14.9 Å². The Balaban J connectivity index is 1.56. The van der Waals surface area contributed by atoms with Gasteiger partial charge in [-0.25, -0.2) is 9.97 Å². The third-order valence-corrected chi connectivity index (χ3v) is 7.31. The Morgan fingerprint density at radius 3 is 2.66 bits per heavy atom. The van der Waals surface area contributed by atoms with Crippen molar-refractivity contribution in [2.45, 2.75) is 52.6 Å². The van der Waals surface area contributed by atoms with E-state index >= 15 is 0 Å². The molecule has 1 unspecified atom stereocenters. The fourth-order valence-corrected chi connectivity index (χ4v) is 5.26. The maximum Gasteiger partial charge on any atom is 0.228 e. The van der Waals surface area contributed by atoms with Crippen molar-refractivity contribution in [2.75, 3.05) is 45.3 Å². The van der Waals surface area contributed by atoms with Crippen LogP contribution in [0.4, 0.5) is 5.82 Å². The summed E-state index contributed by atoms with van der Waals surface area (Å²) in [5.74, 6) is 2.10. The number of nitrogens with zero attached hydrogens (tertiary/aromatic N) is 5. The quantitative estimate of drug-likeness (QED) is 0.550. The molecule has 0 saturated carbocycles. The van der Waals surface area contributed by atoms with Gasteiger partial charge in [-0.2, -0.15) is 0 Å². The number of likely N-dealkylation sites (tertiary alicyclic amines) is 1. The molecule has 8 heteroatoms. The largest absolute Gasteiger partial charge is 0.492 e. The van der Waals surface area contributed by atoms with Gasteiger partial charge in [0.1, 0.15) is 24.0 Å². The molecule has 0 radical (unpaired) electrons. The van der Waals surface area contributed by atoms with Gasteiger partial charge < -0.3 is 19.3 Å². The summed E-state index contributed by atoms with van der Waals surface area (Å²) < 4.78 is 11.3. The van der Waals surface area contributed by atoms with Crippen molar-refractivity contribution in [3.8, 4) is 0 Å². The van der Waals surface area contributed by atoms with E-state index in [2.05, 4.69) is 38.9 Å². The fraction of sp³-hybridized carbons (Fsp3) is 0.556. The highest BCUT2D eigenvalue weighted by atomic mass is 16.5. The zero-order valence-corrected chi connectivity index (χ0v) is 21.6. The van der Waals surface area contributed by atoms with Crippen LogP contribution in [-0.4, -0.2) is 73.5 Å². The third kappa shape index (κ3) is 5.32. The summed E-state index contributed by atoms with van der Waals surface area (Å²) in [5, 5.41) is 0. The predicted octanol–water partition coefficient (Wildman–Crippen LogP) is 4.01. The highest BCUT2D eigenvalue weighted by molar-refractivity contribution is 5.85. The minimum absolute atomic E-state index is 0.0305. The molecule has 1 spiro atoms. The number of piperidine rings is 1. The average molecular weight is 480 g/mol. The summed E-state index contributed by atoms with van der Waals surface area (Å²) >= 11 is 0. The molecule has 1 aromatic heterocycles. The molecule has 35 heavy (non-hydrogen) atoms. The second-order valence-corrected chi connectivity index (χ2v) is 9.72. The summed E-state index contributed by atoms with van der Waals surface area (Å²) in [6.45, 7) is 9.04. The lowest BCUT2D eigenvalue weighted by Crippen LogP contribution is -2.44. The average Bonchev–Trinajstić information content (AvgIpc) is 3.14. The highest BCUT2D eigenvalue weighted by Crippen LogP contribution is 2.42. The molecule has 3 aliphatic rings. The first-order valence-corrected chi connectivity index (χ1v) is 12.5. The molecule has 1 atom stereocenters. The number of aromatic nitrogens is 2. The number of methoxy groups -OCH3 is 1. The number of ether oxygens (including phenoxy) is 2. The van der Waals surface area contributed by atoms with E-state index in [1.165, 1.54) is 0 Å². The van der Waals surface area contributed by atoms with Crippen LogP contribution < -0.4 is 4.90 Å². The Hall–Kier alpha value is -3.00. The van der Waals surface area contributed by atoms with Crippen molar-refractivity contribution in [2.24, 2.45) is 10.4 Å². The molecule has 2 fully saturated rings. The van der Waals surface area contributed by atoms with E-state index in [1.807, 2.05) is 38.1 Å². The Morgan fingerprint density at radius 1 is 1.26 bits per heavy atom. The van der Waals surface area contributed by atoms with Crippen molar-refractivity contribution in [1.29, 1.82) is 0 Å².